The molecule has 2 aromatic carbocycles. The fourth-order valence-electron chi connectivity index (χ4n) is 3.06. The highest BCUT2D eigenvalue weighted by Crippen LogP contribution is 2.25. The summed E-state index contributed by atoms with van der Waals surface area (Å²) in [5.74, 6) is 0.704. The molecule has 0 saturated heterocycles. The maximum Gasteiger partial charge on any atom is 0.354 e. The van der Waals surface area contributed by atoms with Crippen LogP contribution in [0.5, 0.6) is 10.9 Å². The van der Waals surface area contributed by atoms with Crippen LogP contribution < -0.4 is 21.4 Å². The van der Waals surface area contributed by atoms with Gasteiger partial charge in [-0.05, 0) is 48.4 Å². The number of aromatic nitrogens is 4. The molecule has 0 spiro atoms. The summed E-state index contributed by atoms with van der Waals surface area (Å²) in [4.78, 5) is 33.8. The summed E-state index contributed by atoms with van der Waals surface area (Å²) in [5, 5.41) is 15.1. The third-order valence-electron chi connectivity index (χ3n) is 4.67. The Morgan fingerprint density at radius 2 is 1.82 bits per heavy atom. The minimum Gasteiger partial charge on any atom is -0.431 e. The Hall–Kier alpha value is -3.47. The number of hydrogen-bond acceptors (Lipinski definition) is 8. The van der Waals surface area contributed by atoms with Crippen LogP contribution >= 0.6 is 22.9 Å². The molecule has 4 aromatic rings. The molecule has 0 aliphatic rings. The highest BCUT2D eigenvalue weighted by atomic mass is 35.5. The Morgan fingerprint density at radius 3 is 2.48 bits per heavy atom. The lowest BCUT2D eigenvalue weighted by atomic mass is 10.2. The van der Waals surface area contributed by atoms with E-state index >= 15 is 0 Å². The molecule has 9 nitrogen and oxygen atoms in total. The Kier molecular flexibility index (Phi) is 7.18. The molecule has 2 aromatic heterocycles. The van der Waals surface area contributed by atoms with E-state index in [4.69, 9.17) is 21.4 Å². The summed E-state index contributed by atoms with van der Waals surface area (Å²) in [5.41, 5.74) is 0.216. The van der Waals surface area contributed by atoms with Crippen molar-refractivity contribution in [2.45, 2.75) is 19.5 Å². The molecule has 33 heavy (non-hydrogen) atoms. The van der Waals surface area contributed by atoms with Crippen molar-refractivity contribution in [1.82, 2.24) is 19.1 Å². The van der Waals surface area contributed by atoms with Crippen molar-refractivity contribution in [2.75, 3.05) is 11.9 Å². The number of ether oxygens (including phenoxy) is 1. The van der Waals surface area contributed by atoms with Gasteiger partial charge in [-0.1, -0.05) is 35.1 Å². The molecule has 170 valence electrons. The number of thiazole rings is 1. The Balaban J connectivity index is 1.65. The lowest BCUT2D eigenvalue weighted by molar-refractivity contribution is 0.276. The Labute approximate surface area is 197 Å². The van der Waals surface area contributed by atoms with Crippen molar-refractivity contribution in [3.8, 4) is 10.9 Å². The molecule has 0 aliphatic heterocycles. The molecule has 0 radical (unpaired) electrons. The van der Waals surface area contributed by atoms with Crippen molar-refractivity contribution in [2.24, 2.45) is 0 Å². The fourth-order valence-corrected chi connectivity index (χ4v) is 3.69. The number of halogens is 1. The first-order chi connectivity index (χ1) is 16.0. The van der Waals surface area contributed by atoms with Crippen molar-refractivity contribution in [3.05, 3.63) is 91.7 Å². The quantitative estimate of drug-likeness (QED) is 0.373. The van der Waals surface area contributed by atoms with Gasteiger partial charge < -0.3 is 15.2 Å². The van der Waals surface area contributed by atoms with Crippen molar-refractivity contribution in [3.63, 3.8) is 0 Å². The highest BCUT2D eigenvalue weighted by Gasteiger charge is 2.14. The number of benzene rings is 2. The van der Waals surface area contributed by atoms with E-state index in [0.29, 0.717) is 21.7 Å². The summed E-state index contributed by atoms with van der Waals surface area (Å²) in [6, 6.07) is 14.0. The number of anilines is 2. The number of nitrogens with zero attached hydrogens (tertiary/aromatic N) is 4. The minimum absolute atomic E-state index is 0.0743. The first-order valence-corrected chi connectivity index (χ1v) is 11.3. The SMILES string of the molecule is O=c1nc(Nc2ccc(Oc3nccs3)cc2)n(Cc2ccc(Cl)cc2)c(=O)n1CCCO. The van der Waals surface area contributed by atoms with Gasteiger partial charge in [-0.15, -0.1) is 0 Å². The monoisotopic (exact) mass is 485 g/mol. The van der Waals surface area contributed by atoms with Crippen LogP contribution in [-0.2, 0) is 13.1 Å². The van der Waals surface area contributed by atoms with Crippen molar-refractivity contribution in [1.29, 1.82) is 0 Å². The highest BCUT2D eigenvalue weighted by molar-refractivity contribution is 7.11. The summed E-state index contributed by atoms with van der Waals surface area (Å²) < 4.78 is 8.04. The van der Waals surface area contributed by atoms with Gasteiger partial charge in [-0.3, -0.25) is 4.57 Å². The van der Waals surface area contributed by atoms with Crippen molar-refractivity contribution < 1.29 is 9.84 Å². The van der Waals surface area contributed by atoms with Crippen LogP contribution in [0.25, 0.3) is 0 Å². The smallest absolute Gasteiger partial charge is 0.354 e. The van der Waals surface area contributed by atoms with Crippen LogP contribution in [-0.4, -0.2) is 30.8 Å². The average Bonchev–Trinajstić information content (AvgIpc) is 3.32. The second-order valence-corrected chi connectivity index (χ2v) is 8.28. The van der Waals surface area contributed by atoms with Gasteiger partial charge >= 0.3 is 11.4 Å². The van der Waals surface area contributed by atoms with Crippen LogP contribution in [0.1, 0.15) is 12.0 Å². The maximum atomic E-state index is 13.1. The molecule has 11 heteroatoms. The maximum absolute atomic E-state index is 13.1. The molecule has 0 saturated carbocycles. The molecule has 2 heterocycles. The van der Waals surface area contributed by atoms with Gasteiger partial charge in [0.25, 0.3) is 5.19 Å². The molecule has 4 rings (SSSR count). The summed E-state index contributed by atoms with van der Waals surface area (Å²) in [6.45, 7) is 0.110. The van der Waals surface area contributed by atoms with Crippen LogP contribution in [0.4, 0.5) is 11.6 Å². The zero-order valence-corrected chi connectivity index (χ0v) is 18.9. The van der Waals surface area contributed by atoms with E-state index in [0.717, 1.165) is 10.1 Å². The van der Waals surface area contributed by atoms with Crippen LogP contribution in [0.15, 0.2) is 69.7 Å². The number of hydrogen-bond donors (Lipinski definition) is 2. The molecule has 0 bridgehead atoms. The summed E-state index contributed by atoms with van der Waals surface area (Å²) in [6.07, 6.45) is 1.93. The van der Waals surface area contributed by atoms with Crippen molar-refractivity contribution >= 4 is 34.6 Å². The Morgan fingerprint density at radius 1 is 1.06 bits per heavy atom. The minimum atomic E-state index is -0.688. The van der Waals surface area contributed by atoms with Gasteiger partial charge in [0.05, 0.1) is 6.54 Å². The molecule has 0 fully saturated rings. The van der Waals surface area contributed by atoms with Gasteiger partial charge in [0.15, 0.2) is 0 Å². The van der Waals surface area contributed by atoms with E-state index in [-0.39, 0.29) is 32.1 Å². The van der Waals surface area contributed by atoms with Crippen LogP contribution in [0.3, 0.4) is 0 Å². The van der Waals surface area contributed by atoms with E-state index in [2.05, 4.69) is 15.3 Å². The lowest BCUT2D eigenvalue weighted by Gasteiger charge is -2.16. The molecule has 0 unspecified atom stereocenters. The second kappa shape index (κ2) is 10.4. The van der Waals surface area contributed by atoms with E-state index in [1.807, 2.05) is 5.38 Å². The molecular formula is C22H20ClN5O4S. The predicted molar refractivity (Wildman–Crippen MR) is 127 cm³/mol. The first kappa shape index (κ1) is 22.7. The lowest BCUT2D eigenvalue weighted by Crippen LogP contribution is -2.42. The molecular weight excluding hydrogens is 466 g/mol. The summed E-state index contributed by atoms with van der Waals surface area (Å²) in [7, 11) is 0. The van der Waals surface area contributed by atoms with E-state index in [1.165, 1.54) is 15.9 Å². The van der Waals surface area contributed by atoms with Gasteiger partial charge in [-0.25, -0.2) is 19.1 Å². The van der Waals surface area contributed by atoms with Gasteiger partial charge in [0.2, 0.25) is 5.95 Å². The fraction of sp³-hybridized carbons (Fsp3) is 0.182. The van der Waals surface area contributed by atoms with Gasteiger partial charge in [0.1, 0.15) is 5.75 Å². The predicted octanol–water partition coefficient (Wildman–Crippen LogP) is 3.48. The van der Waals surface area contributed by atoms with Crippen LogP contribution in [0.2, 0.25) is 5.02 Å². The van der Waals surface area contributed by atoms with Crippen LogP contribution in [0, 0.1) is 0 Å². The number of nitrogens with one attached hydrogen (secondary N) is 1. The number of aliphatic hydroxyl groups is 1. The molecule has 0 amide bonds. The Bertz CT molecular complexity index is 1320. The van der Waals surface area contributed by atoms with Gasteiger partial charge in [-0.2, -0.15) is 4.98 Å². The summed E-state index contributed by atoms with van der Waals surface area (Å²) >= 11 is 7.35. The molecule has 0 aliphatic carbocycles. The number of aliphatic hydroxyl groups excluding tert-OH is 1. The first-order valence-electron chi connectivity index (χ1n) is 10.0. The van der Waals surface area contributed by atoms with E-state index in [9.17, 15) is 9.59 Å². The van der Waals surface area contributed by atoms with Gasteiger partial charge in [0, 0.05) is 35.4 Å². The zero-order chi connectivity index (χ0) is 23.2. The van der Waals surface area contributed by atoms with E-state index in [1.54, 1.807) is 54.7 Å². The largest absolute Gasteiger partial charge is 0.431 e. The third kappa shape index (κ3) is 5.67. The zero-order valence-electron chi connectivity index (χ0n) is 17.3. The molecule has 2 N–H and O–H groups in total. The second-order valence-electron chi connectivity index (χ2n) is 6.99. The average molecular weight is 486 g/mol. The molecule has 0 atom stereocenters. The third-order valence-corrected chi connectivity index (χ3v) is 5.57. The standard InChI is InChI=1S/C22H20ClN5O4S/c23-16-4-2-15(3-5-16)14-28-19(26-20(30)27(22(28)31)11-1-12-29)25-17-6-8-18(9-7-17)32-21-24-10-13-33-21/h2-10,13,29H,1,11-12,14H2,(H,25,26,30). The van der Waals surface area contributed by atoms with E-state index < -0.39 is 11.4 Å². The topological polar surface area (TPSA) is 111 Å². The normalized spacial score (nSPS) is 10.8. The number of rotatable bonds is 9.